The van der Waals surface area contributed by atoms with Crippen LogP contribution in [0.15, 0.2) is 66.5 Å². The van der Waals surface area contributed by atoms with Crippen LogP contribution in [0, 0.1) is 0 Å². The van der Waals surface area contributed by atoms with E-state index in [9.17, 15) is 9.59 Å². The summed E-state index contributed by atoms with van der Waals surface area (Å²) in [5.41, 5.74) is 2.19. The molecule has 0 spiro atoms. The zero-order chi connectivity index (χ0) is 27.4. The lowest BCUT2D eigenvalue weighted by atomic mass is 9.89. The third-order valence-electron chi connectivity index (χ3n) is 5.01. The fourth-order valence-corrected chi connectivity index (χ4v) is 6.34. The van der Waals surface area contributed by atoms with Crippen LogP contribution in [0.25, 0.3) is 0 Å². The molecule has 0 aliphatic carbocycles. The lowest BCUT2D eigenvalue weighted by Crippen LogP contribution is -2.11. The Hall–Kier alpha value is -1.62. The maximum absolute atomic E-state index is 11.4. The summed E-state index contributed by atoms with van der Waals surface area (Å²) in [6, 6.07) is 8.13. The van der Waals surface area contributed by atoms with Crippen LogP contribution in [-0.2, 0) is 19.1 Å². The van der Waals surface area contributed by atoms with Crippen molar-refractivity contribution in [1.29, 1.82) is 0 Å². The van der Waals surface area contributed by atoms with Crippen LogP contribution in [0.5, 0.6) is 11.5 Å². The number of hydrogen-bond acceptors (Lipinski definition) is 6. The minimum absolute atomic E-state index is 0.104. The van der Waals surface area contributed by atoms with Crippen molar-refractivity contribution in [3.63, 3.8) is 0 Å². The Morgan fingerprint density at radius 2 is 1.05 bits per heavy atom. The summed E-state index contributed by atoms with van der Waals surface area (Å²) in [5.74, 6) is 0.592. The Balaban J connectivity index is 2.12. The van der Waals surface area contributed by atoms with Gasteiger partial charge in [-0.15, -0.1) is 0 Å². The highest BCUT2D eigenvalue weighted by molar-refractivity contribution is 9.11. The van der Waals surface area contributed by atoms with E-state index in [1.165, 1.54) is 12.2 Å². The second-order valence-corrected chi connectivity index (χ2v) is 11.0. The molecule has 0 bridgehead atoms. The number of esters is 2. The quantitative estimate of drug-likeness (QED) is 0.116. The normalized spacial score (nSPS) is 12.1. The van der Waals surface area contributed by atoms with Crippen molar-refractivity contribution in [2.45, 2.75) is 33.1 Å². The van der Waals surface area contributed by atoms with Gasteiger partial charge < -0.3 is 18.9 Å². The molecule has 0 amide bonds. The summed E-state index contributed by atoms with van der Waals surface area (Å²) < 4.78 is 25.0. The maximum Gasteiger partial charge on any atom is 0.330 e. The molecule has 2 rings (SSSR count). The summed E-state index contributed by atoms with van der Waals surface area (Å²) in [4.78, 5) is 22.9. The Labute approximate surface area is 251 Å². The van der Waals surface area contributed by atoms with Gasteiger partial charge >= 0.3 is 11.9 Å². The Morgan fingerprint density at radius 3 is 1.35 bits per heavy atom. The van der Waals surface area contributed by atoms with Crippen molar-refractivity contribution < 1.29 is 28.5 Å². The number of ether oxygens (including phenoxy) is 4. The second kappa shape index (κ2) is 16.4. The van der Waals surface area contributed by atoms with Crippen LogP contribution < -0.4 is 9.47 Å². The van der Waals surface area contributed by atoms with Crippen LogP contribution in [0.2, 0.25) is 0 Å². The van der Waals surface area contributed by atoms with Gasteiger partial charge in [-0.3, -0.25) is 0 Å². The molecule has 6 nitrogen and oxygen atoms in total. The molecule has 0 saturated heterocycles. The average molecular weight is 768 g/mol. The first-order chi connectivity index (χ1) is 17.7. The molecule has 37 heavy (non-hydrogen) atoms. The Kier molecular flexibility index (Phi) is 14.0. The van der Waals surface area contributed by atoms with Gasteiger partial charge in [0.2, 0.25) is 0 Å². The molecule has 2 aromatic rings. The second-order valence-electron chi connectivity index (χ2n) is 7.62. The SMILES string of the molecule is CC=CC(=O)OCCOc1c(Br)cc(C(CC)c2cc(Br)c(OCCOC(=O)C=CC)c(Br)c2)cc1Br. The molecule has 0 saturated carbocycles. The summed E-state index contributed by atoms with van der Waals surface area (Å²) in [7, 11) is 0. The maximum atomic E-state index is 11.4. The topological polar surface area (TPSA) is 71.1 Å². The molecule has 2 aromatic carbocycles. The highest BCUT2D eigenvalue weighted by Crippen LogP contribution is 2.42. The fraction of sp³-hybridized carbons (Fsp3) is 0.333. The molecule has 0 N–H and O–H groups in total. The molecule has 0 aliphatic heterocycles. The van der Waals surface area contributed by atoms with Gasteiger partial charge in [0.05, 0.1) is 17.9 Å². The van der Waals surface area contributed by atoms with E-state index in [0.717, 1.165) is 35.4 Å². The smallest absolute Gasteiger partial charge is 0.330 e. The van der Waals surface area contributed by atoms with Crippen molar-refractivity contribution in [2.75, 3.05) is 26.4 Å². The molecular weight excluding hydrogens is 740 g/mol. The summed E-state index contributed by atoms with van der Waals surface area (Å²) in [5, 5.41) is 0. The van der Waals surface area contributed by atoms with E-state index in [2.05, 4.69) is 70.6 Å². The number of carbonyl (C=O) groups excluding carboxylic acids is 2. The average Bonchev–Trinajstić information content (AvgIpc) is 2.83. The van der Waals surface area contributed by atoms with Gasteiger partial charge in [-0.05, 0) is 119 Å². The first-order valence-electron chi connectivity index (χ1n) is 11.5. The minimum atomic E-state index is -0.396. The van der Waals surface area contributed by atoms with Gasteiger partial charge in [0.15, 0.2) is 0 Å². The Bertz CT molecular complexity index is 1010. The van der Waals surface area contributed by atoms with Crippen molar-refractivity contribution in [3.8, 4) is 11.5 Å². The van der Waals surface area contributed by atoms with Crippen LogP contribution in [-0.4, -0.2) is 38.4 Å². The van der Waals surface area contributed by atoms with Crippen molar-refractivity contribution in [3.05, 3.63) is 77.6 Å². The van der Waals surface area contributed by atoms with Crippen LogP contribution in [0.4, 0.5) is 0 Å². The van der Waals surface area contributed by atoms with Gasteiger partial charge in [-0.25, -0.2) is 9.59 Å². The van der Waals surface area contributed by atoms with Gasteiger partial charge in [0.25, 0.3) is 0 Å². The third-order valence-corrected chi connectivity index (χ3v) is 7.36. The standard InChI is InChI=1S/C27H28Br4O6/c1-4-7-24(32)34-9-11-36-26-20(28)13-17(14-21(26)29)19(6-3)18-15-22(30)27(23(31)16-18)37-12-10-35-25(33)8-5-2/h4-5,7-8,13-16,19H,6,9-12H2,1-3H3. The molecule has 0 heterocycles. The highest BCUT2D eigenvalue weighted by atomic mass is 79.9. The zero-order valence-corrected chi connectivity index (χ0v) is 27.0. The number of benzene rings is 2. The van der Waals surface area contributed by atoms with Gasteiger partial charge in [-0.2, -0.15) is 0 Å². The molecule has 10 heteroatoms. The molecule has 0 atom stereocenters. The molecular formula is C27H28Br4O6. The molecule has 200 valence electrons. The molecule has 0 radical (unpaired) electrons. The van der Waals surface area contributed by atoms with E-state index < -0.39 is 11.9 Å². The Morgan fingerprint density at radius 1 is 0.703 bits per heavy atom. The van der Waals surface area contributed by atoms with E-state index in [0.29, 0.717) is 11.5 Å². The third kappa shape index (κ3) is 9.89. The first kappa shape index (κ1) is 31.6. The van der Waals surface area contributed by atoms with Crippen molar-refractivity contribution in [1.82, 2.24) is 0 Å². The summed E-state index contributed by atoms with van der Waals surface area (Å²) in [6.45, 7) is 6.39. The van der Waals surface area contributed by atoms with E-state index in [4.69, 9.17) is 18.9 Å². The predicted molar refractivity (Wildman–Crippen MR) is 158 cm³/mol. The first-order valence-corrected chi connectivity index (χ1v) is 14.7. The van der Waals surface area contributed by atoms with Crippen LogP contribution in [0.1, 0.15) is 44.2 Å². The summed E-state index contributed by atoms with van der Waals surface area (Å²) in [6.07, 6.45) is 6.85. The number of hydrogen-bond donors (Lipinski definition) is 0. The lowest BCUT2D eigenvalue weighted by Gasteiger charge is -2.21. The molecule has 0 aliphatic rings. The molecule has 0 unspecified atom stereocenters. The van der Waals surface area contributed by atoms with Crippen LogP contribution >= 0.6 is 63.7 Å². The van der Waals surface area contributed by atoms with E-state index in [1.807, 2.05) is 24.3 Å². The lowest BCUT2D eigenvalue weighted by molar-refractivity contribution is -0.139. The largest absolute Gasteiger partial charge is 0.488 e. The van der Waals surface area contributed by atoms with E-state index >= 15 is 0 Å². The number of rotatable bonds is 13. The zero-order valence-electron chi connectivity index (χ0n) is 20.7. The molecule has 0 aromatic heterocycles. The number of halogens is 4. The van der Waals surface area contributed by atoms with E-state index in [1.54, 1.807) is 26.0 Å². The number of carbonyl (C=O) groups is 2. The van der Waals surface area contributed by atoms with Gasteiger partial charge in [0.1, 0.15) is 37.9 Å². The summed E-state index contributed by atoms with van der Waals surface area (Å²) >= 11 is 14.5. The van der Waals surface area contributed by atoms with Crippen molar-refractivity contribution >= 4 is 75.7 Å². The van der Waals surface area contributed by atoms with Crippen molar-refractivity contribution in [2.24, 2.45) is 0 Å². The monoisotopic (exact) mass is 764 g/mol. The van der Waals surface area contributed by atoms with Crippen LogP contribution in [0.3, 0.4) is 0 Å². The van der Waals surface area contributed by atoms with E-state index in [-0.39, 0.29) is 32.3 Å². The number of allylic oxidation sites excluding steroid dienone is 2. The highest BCUT2D eigenvalue weighted by Gasteiger charge is 2.20. The van der Waals surface area contributed by atoms with Gasteiger partial charge in [-0.1, -0.05) is 19.1 Å². The predicted octanol–water partition coefficient (Wildman–Crippen LogP) is 8.27. The van der Waals surface area contributed by atoms with Gasteiger partial charge in [0, 0.05) is 18.1 Å². The minimum Gasteiger partial charge on any atom is -0.488 e. The fourth-order valence-electron chi connectivity index (χ4n) is 3.44. The molecule has 0 fully saturated rings.